The van der Waals surface area contributed by atoms with Crippen LogP contribution >= 0.6 is 0 Å². The normalized spacial score (nSPS) is 33.5. The van der Waals surface area contributed by atoms with Gasteiger partial charge in [-0.25, -0.2) is 0 Å². The van der Waals surface area contributed by atoms with Crippen LogP contribution in [0, 0.1) is 21.7 Å². The van der Waals surface area contributed by atoms with E-state index in [2.05, 4.69) is 10.6 Å². The topological polar surface area (TPSA) is 185 Å². The molecule has 0 amide bonds. The molecule has 304 valence electrons. The second-order valence-electron chi connectivity index (χ2n) is 14.4. The van der Waals surface area contributed by atoms with Gasteiger partial charge in [0.25, 0.3) is 0 Å². The summed E-state index contributed by atoms with van der Waals surface area (Å²) in [6.45, 7) is 6.68. The van der Waals surface area contributed by atoms with Crippen LogP contribution in [0.25, 0.3) is 0 Å². The van der Waals surface area contributed by atoms with Crippen molar-refractivity contribution in [3.05, 3.63) is 35.4 Å². The van der Waals surface area contributed by atoms with Crippen molar-refractivity contribution < 1.29 is 66.5 Å². The van der Waals surface area contributed by atoms with Crippen molar-refractivity contribution in [3.63, 3.8) is 0 Å². The predicted octanol–water partition coefficient (Wildman–Crippen LogP) is 2.53. The predicted molar refractivity (Wildman–Crippen MR) is 195 cm³/mol. The Morgan fingerprint density at radius 2 is 0.714 bits per heavy atom. The first-order valence-electron chi connectivity index (χ1n) is 18.8. The van der Waals surface area contributed by atoms with Gasteiger partial charge in [0.1, 0.15) is 21.7 Å². The molecule has 8 bridgehead atoms. The highest BCUT2D eigenvalue weighted by atomic mass is 16.6. The van der Waals surface area contributed by atoms with Gasteiger partial charge in [0.15, 0.2) is 23.0 Å². The van der Waals surface area contributed by atoms with Crippen LogP contribution in [0.3, 0.4) is 0 Å². The Labute approximate surface area is 325 Å². The molecule has 6 fully saturated rings. The number of hydrogen-bond acceptors (Lipinski definition) is 16. The van der Waals surface area contributed by atoms with E-state index in [9.17, 15) is 0 Å². The molecule has 2 N–H and O–H groups in total. The number of ether oxygens (including phenoxy) is 10. The van der Waals surface area contributed by atoms with Crippen LogP contribution in [0.15, 0.2) is 24.3 Å². The highest BCUT2D eigenvalue weighted by molar-refractivity contribution is 6.03. The number of methoxy groups -OCH3 is 6. The maximum absolute atomic E-state index is 15.2. The van der Waals surface area contributed by atoms with Gasteiger partial charge in [-0.15, -0.1) is 0 Å². The number of rotatable bonds is 16. The summed E-state index contributed by atoms with van der Waals surface area (Å²) in [7, 11) is 8.76. The highest BCUT2D eigenvalue weighted by Crippen LogP contribution is 2.89. The Morgan fingerprint density at radius 1 is 0.446 bits per heavy atom. The Kier molecular flexibility index (Phi) is 9.75. The fourth-order valence-electron chi connectivity index (χ4n) is 11.8. The molecule has 0 radical (unpaired) electrons. The average molecular weight is 783 g/mol. The Morgan fingerprint density at radius 3 is 0.929 bits per heavy atom. The van der Waals surface area contributed by atoms with Gasteiger partial charge in [0, 0.05) is 47.1 Å². The van der Waals surface area contributed by atoms with Gasteiger partial charge >= 0.3 is 23.9 Å². The van der Waals surface area contributed by atoms with Crippen molar-refractivity contribution in [1.29, 1.82) is 0 Å². The summed E-state index contributed by atoms with van der Waals surface area (Å²) in [5, 5.41) is 7.15. The van der Waals surface area contributed by atoms with Crippen LogP contribution in [0.5, 0.6) is 34.5 Å². The van der Waals surface area contributed by atoms with Crippen LogP contribution in [-0.4, -0.2) is 117 Å². The first kappa shape index (κ1) is 39.3. The van der Waals surface area contributed by atoms with E-state index in [1.807, 2.05) is 0 Å². The lowest BCUT2D eigenvalue weighted by Crippen LogP contribution is -3.09. The monoisotopic (exact) mass is 782 g/mol. The quantitative estimate of drug-likeness (QED) is 0.187. The first-order chi connectivity index (χ1) is 27.0. The summed E-state index contributed by atoms with van der Waals surface area (Å²) in [5.74, 6) is -3.42. The third kappa shape index (κ3) is 4.16. The summed E-state index contributed by atoms with van der Waals surface area (Å²) in [5.41, 5.74) is -6.04. The fourth-order valence-corrected chi connectivity index (χ4v) is 11.8. The van der Waals surface area contributed by atoms with Crippen molar-refractivity contribution in [2.24, 2.45) is 21.7 Å². The van der Waals surface area contributed by atoms with Crippen LogP contribution in [0.4, 0.5) is 0 Å². The molecule has 2 saturated carbocycles. The van der Waals surface area contributed by atoms with Gasteiger partial charge in [-0.2, -0.15) is 0 Å². The second-order valence-corrected chi connectivity index (χ2v) is 14.4. The zero-order valence-corrected chi connectivity index (χ0v) is 33.3. The van der Waals surface area contributed by atoms with E-state index in [0.717, 1.165) is 0 Å². The highest BCUT2D eigenvalue weighted by Gasteiger charge is 3.04. The second kappa shape index (κ2) is 13.9. The van der Waals surface area contributed by atoms with Crippen molar-refractivity contribution in [3.8, 4) is 34.5 Å². The number of hydrogen-bond donors (Lipinski definition) is 2. The number of nitrogens with one attached hydrogen (secondary N) is 2. The van der Waals surface area contributed by atoms with Gasteiger partial charge in [0.05, 0.1) is 69.1 Å². The van der Waals surface area contributed by atoms with Gasteiger partial charge in [-0.05, 0) is 39.8 Å². The van der Waals surface area contributed by atoms with Gasteiger partial charge < -0.3 is 58.0 Å². The number of piperidine rings is 4. The average Bonchev–Trinajstić information content (AvgIpc) is 3.18. The standard InChI is InChI=1S/C40H50N2O14/c1-11-53-33(43)37-27(19-15-17-21(47-5)25(51-9)23(19)49-7)38(34(44)54-12-2)31-40(36(46)56-14-4)28(20-16-18-22(48-6)26(52-10)24(20)50-8)39(29(37)41-31,35(45)55-13-3)30(37)42-32(38)40/h15-18,27-32,41-42H,11-14H2,1-10H3. The molecule has 4 heterocycles. The molecule has 16 nitrogen and oxygen atoms in total. The van der Waals surface area contributed by atoms with E-state index in [1.165, 1.54) is 42.7 Å². The van der Waals surface area contributed by atoms with Crippen molar-refractivity contribution >= 4 is 23.9 Å². The molecule has 16 heteroatoms. The van der Waals surface area contributed by atoms with E-state index in [0.29, 0.717) is 22.6 Å². The minimum absolute atomic E-state index is 0.0127. The third-order valence-corrected chi connectivity index (χ3v) is 13.0. The minimum atomic E-state index is -1.71. The molecular weight excluding hydrogens is 732 g/mol. The summed E-state index contributed by atoms with van der Waals surface area (Å²) >= 11 is 0. The van der Waals surface area contributed by atoms with Crippen molar-refractivity contribution in [2.45, 2.75) is 63.7 Å². The summed E-state index contributed by atoms with van der Waals surface area (Å²) < 4.78 is 58.8. The largest absolute Gasteiger partial charge is 0.493 e. The van der Waals surface area contributed by atoms with E-state index < -0.39 is 81.5 Å². The van der Waals surface area contributed by atoms with E-state index >= 15 is 19.2 Å². The third-order valence-electron chi connectivity index (χ3n) is 13.0. The van der Waals surface area contributed by atoms with Gasteiger partial charge in [-0.1, -0.05) is 12.1 Å². The van der Waals surface area contributed by atoms with E-state index in [4.69, 9.17) is 47.4 Å². The number of benzene rings is 2. The zero-order valence-electron chi connectivity index (χ0n) is 33.3. The van der Waals surface area contributed by atoms with Crippen LogP contribution in [0.1, 0.15) is 50.7 Å². The Balaban J connectivity index is 1.66. The van der Waals surface area contributed by atoms with Crippen molar-refractivity contribution in [2.75, 3.05) is 69.1 Å². The maximum Gasteiger partial charge on any atom is 0.316 e. The molecule has 0 unspecified atom stereocenters. The number of esters is 4. The molecule has 0 spiro atoms. The number of carbonyl (C=O) groups is 4. The molecule has 6 aliphatic rings. The molecular formula is C40H50N2O14. The number of carbonyl (C=O) groups excluding carboxylic acids is 4. The Bertz CT molecular complexity index is 1720. The molecule has 2 aromatic rings. The lowest BCUT2D eigenvalue weighted by molar-refractivity contribution is -0.367. The molecule has 2 aromatic carbocycles. The molecule has 2 aliphatic carbocycles. The first-order valence-corrected chi connectivity index (χ1v) is 18.8. The van der Waals surface area contributed by atoms with E-state index in [-0.39, 0.29) is 49.4 Å². The minimum Gasteiger partial charge on any atom is -0.493 e. The van der Waals surface area contributed by atoms with E-state index in [1.54, 1.807) is 52.0 Å². The lowest BCUT2D eigenvalue weighted by Gasteiger charge is -2.91. The van der Waals surface area contributed by atoms with Crippen molar-refractivity contribution in [1.82, 2.24) is 10.6 Å². The molecule has 8 rings (SSSR count). The molecule has 0 atom stereocenters. The van der Waals surface area contributed by atoms with Crippen LogP contribution in [0.2, 0.25) is 0 Å². The molecule has 0 aromatic heterocycles. The SMILES string of the molecule is CCOC(=O)C12C3NC4C(C(=O)OCC)(C5NC1C3(C(=O)OCC)C(c1ccc(OC)c(OC)c1OC)C45C(=O)OCC)C2c1ccc(OC)c(OC)c1OC. The lowest BCUT2D eigenvalue weighted by atomic mass is 9.16. The molecule has 4 saturated heterocycles. The fraction of sp³-hybridized carbons (Fsp3) is 0.600. The summed E-state index contributed by atoms with van der Waals surface area (Å²) in [6.07, 6.45) is 0. The molecule has 56 heavy (non-hydrogen) atoms. The zero-order chi connectivity index (χ0) is 40.5. The molecule has 4 aliphatic heterocycles. The van der Waals surface area contributed by atoms with Crippen LogP contribution in [-0.2, 0) is 38.1 Å². The smallest absolute Gasteiger partial charge is 0.316 e. The van der Waals surface area contributed by atoms with Gasteiger partial charge in [0.2, 0.25) is 11.5 Å². The van der Waals surface area contributed by atoms with Gasteiger partial charge in [-0.3, -0.25) is 19.2 Å². The summed E-state index contributed by atoms with van der Waals surface area (Å²) in [4.78, 5) is 60.7. The van der Waals surface area contributed by atoms with Crippen LogP contribution < -0.4 is 39.1 Å². The maximum atomic E-state index is 15.2. The summed E-state index contributed by atoms with van der Waals surface area (Å²) in [6, 6.07) is 2.35. The Hall–Kier alpha value is -4.96.